The van der Waals surface area contributed by atoms with Crippen molar-refractivity contribution in [2.75, 3.05) is 13.1 Å². The number of unbranched alkanes of at least 4 members (excludes halogenated alkanes) is 1. The second-order valence-corrected chi connectivity index (χ2v) is 8.06. The lowest BCUT2D eigenvalue weighted by Gasteiger charge is -2.20. The van der Waals surface area contributed by atoms with Gasteiger partial charge in [-0.3, -0.25) is 4.98 Å². The number of imidazole rings is 1. The van der Waals surface area contributed by atoms with E-state index < -0.39 is 17.8 Å². The first-order valence-corrected chi connectivity index (χ1v) is 11.7. The smallest absolute Gasteiger partial charge is 0.357 e. The lowest BCUT2D eigenvalue weighted by atomic mass is 10.2. The van der Waals surface area contributed by atoms with Crippen LogP contribution >= 0.6 is 0 Å². The number of para-hydroxylation sites is 2. The highest BCUT2D eigenvalue weighted by molar-refractivity contribution is 5.89. The number of nitrogens with one attached hydrogen (secondary N) is 3. The molecule has 0 atom stereocenters. The fraction of sp³-hybridized carbons (Fsp3) is 0.231. The minimum atomic E-state index is -0.465. The number of hydrogen-bond acceptors (Lipinski definition) is 6. The summed E-state index contributed by atoms with van der Waals surface area (Å²) in [5.74, 6) is -0.241. The van der Waals surface area contributed by atoms with E-state index in [1.165, 1.54) is 18.3 Å². The average Bonchev–Trinajstić information content (AvgIpc) is 3.30. The molecule has 0 spiro atoms. The molecule has 0 radical (unpaired) electrons. The summed E-state index contributed by atoms with van der Waals surface area (Å²) in [5.41, 5.74) is 2.37. The predicted octanol–water partition coefficient (Wildman–Crippen LogP) is 3.95. The Morgan fingerprint density at radius 2 is 1.78 bits per heavy atom. The topological polar surface area (TPSA) is 112 Å². The Morgan fingerprint density at radius 3 is 2.58 bits per heavy atom. The summed E-state index contributed by atoms with van der Waals surface area (Å²) in [4.78, 5) is 42.0. The van der Waals surface area contributed by atoms with Crippen molar-refractivity contribution in [3.63, 3.8) is 0 Å². The molecule has 0 aliphatic carbocycles. The number of urea groups is 1. The fourth-order valence-corrected chi connectivity index (χ4v) is 3.54. The van der Waals surface area contributed by atoms with E-state index in [1.807, 2.05) is 30.3 Å². The van der Waals surface area contributed by atoms with Crippen molar-refractivity contribution < 1.29 is 18.8 Å². The van der Waals surface area contributed by atoms with Gasteiger partial charge in [0.1, 0.15) is 11.6 Å². The number of halogens is 1. The van der Waals surface area contributed by atoms with E-state index in [0.717, 1.165) is 11.0 Å². The zero-order valence-corrected chi connectivity index (χ0v) is 19.6. The molecule has 0 bridgehead atoms. The number of benzene rings is 2. The number of rotatable bonds is 11. The molecule has 2 heterocycles. The van der Waals surface area contributed by atoms with Gasteiger partial charge in [0.15, 0.2) is 0 Å². The van der Waals surface area contributed by atoms with Crippen molar-refractivity contribution in [1.29, 1.82) is 0 Å². The number of amides is 2. The van der Waals surface area contributed by atoms with Crippen LogP contribution in [0.2, 0.25) is 0 Å². The van der Waals surface area contributed by atoms with E-state index >= 15 is 0 Å². The second kappa shape index (κ2) is 12.4. The molecular weight excluding hydrogens is 463 g/mol. The Morgan fingerprint density at radius 1 is 0.972 bits per heavy atom. The first kappa shape index (κ1) is 24.8. The van der Waals surface area contributed by atoms with Crippen LogP contribution < -0.4 is 10.6 Å². The largest absolute Gasteiger partial charge is 0.363 e. The number of H-pyrrole nitrogens is 1. The Hall–Kier alpha value is -4.31. The molecule has 10 heteroatoms. The number of hydrogen-bond donors (Lipinski definition) is 3. The van der Waals surface area contributed by atoms with E-state index in [0.29, 0.717) is 37.3 Å². The van der Waals surface area contributed by atoms with E-state index in [-0.39, 0.29) is 18.8 Å². The maximum absolute atomic E-state index is 13.6. The SMILES string of the molecule is O=C(NCCCCN(Cc1nc2ccccc2[nH]1)OC(=O)c1ccccc1)NCc1ncccc1F. The number of carbonyl (C=O) groups is 2. The van der Waals surface area contributed by atoms with Gasteiger partial charge >= 0.3 is 12.0 Å². The van der Waals surface area contributed by atoms with Gasteiger partial charge in [-0.2, -0.15) is 0 Å². The number of nitrogens with zero attached hydrogens (tertiary/aromatic N) is 3. The summed E-state index contributed by atoms with van der Waals surface area (Å²) in [7, 11) is 0. The summed E-state index contributed by atoms with van der Waals surface area (Å²) in [6.07, 6.45) is 2.77. The molecule has 2 aromatic carbocycles. The van der Waals surface area contributed by atoms with Gasteiger partial charge in [0.2, 0.25) is 0 Å². The Balaban J connectivity index is 1.26. The zero-order chi connectivity index (χ0) is 25.2. The number of pyridine rings is 1. The molecule has 2 amide bonds. The van der Waals surface area contributed by atoms with E-state index in [2.05, 4.69) is 25.6 Å². The van der Waals surface area contributed by atoms with Gasteiger partial charge in [0.05, 0.1) is 35.4 Å². The van der Waals surface area contributed by atoms with Crippen LogP contribution in [0, 0.1) is 5.82 Å². The molecule has 0 fully saturated rings. The minimum absolute atomic E-state index is 0.000771. The lowest BCUT2D eigenvalue weighted by Crippen LogP contribution is -2.36. The number of aromatic nitrogens is 3. The van der Waals surface area contributed by atoms with Crippen LogP contribution in [-0.2, 0) is 17.9 Å². The van der Waals surface area contributed by atoms with Crippen LogP contribution in [0.25, 0.3) is 11.0 Å². The van der Waals surface area contributed by atoms with Gasteiger partial charge in [0, 0.05) is 19.3 Å². The number of carbonyl (C=O) groups excluding carboxylic acids is 2. The van der Waals surface area contributed by atoms with Crippen molar-refractivity contribution in [3.8, 4) is 0 Å². The minimum Gasteiger partial charge on any atom is -0.363 e. The predicted molar refractivity (Wildman–Crippen MR) is 132 cm³/mol. The van der Waals surface area contributed by atoms with Crippen molar-refractivity contribution in [1.82, 2.24) is 30.6 Å². The number of aromatic amines is 1. The summed E-state index contributed by atoms with van der Waals surface area (Å²) in [6, 6.07) is 18.8. The standard InChI is InChI=1S/C26H27FN6O3/c27-20-11-8-15-28-23(20)17-30-26(35)29-14-6-7-16-33(36-25(34)19-9-2-1-3-10-19)18-24-31-21-12-4-5-13-22(21)32-24/h1-5,8-13,15H,6-7,14,16-18H2,(H,31,32)(H2,29,30,35). The van der Waals surface area contributed by atoms with Crippen LogP contribution in [0.1, 0.15) is 34.7 Å². The van der Waals surface area contributed by atoms with E-state index in [9.17, 15) is 14.0 Å². The Labute approximate surface area is 207 Å². The molecular formula is C26H27FN6O3. The first-order valence-electron chi connectivity index (χ1n) is 11.7. The van der Waals surface area contributed by atoms with Gasteiger partial charge in [-0.15, -0.1) is 5.06 Å². The molecule has 9 nitrogen and oxygen atoms in total. The summed E-state index contributed by atoms with van der Waals surface area (Å²) in [5, 5.41) is 6.89. The second-order valence-electron chi connectivity index (χ2n) is 8.06. The molecule has 2 aromatic heterocycles. The Bertz CT molecular complexity index is 1260. The highest BCUT2D eigenvalue weighted by Gasteiger charge is 2.16. The lowest BCUT2D eigenvalue weighted by molar-refractivity contribution is -0.118. The number of hydroxylamine groups is 2. The summed E-state index contributed by atoms with van der Waals surface area (Å²) in [6.45, 7) is 1.13. The molecule has 0 saturated carbocycles. The third-order valence-corrected chi connectivity index (χ3v) is 5.36. The van der Waals surface area contributed by atoms with Crippen molar-refractivity contribution >= 4 is 23.0 Å². The molecule has 0 aliphatic rings. The maximum Gasteiger partial charge on any atom is 0.357 e. The van der Waals surface area contributed by atoms with Gasteiger partial charge in [-0.1, -0.05) is 30.3 Å². The first-order chi connectivity index (χ1) is 17.6. The van der Waals surface area contributed by atoms with Gasteiger partial charge in [0.25, 0.3) is 0 Å². The molecule has 4 rings (SSSR count). The van der Waals surface area contributed by atoms with Gasteiger partial charge in [-0.25, -0.2) is 19.0 Å². The average molecular weight is 491 g/mol. The molecule has 0 saturated heterocycles. The molecule has 3 N–H and O–H groups in total. The van der Waals surface area contributed by atoms with Crippen LogP contribution in [0.4, 0.5) is 9.18 Å². The zero-order valence-electron chi connectivity index (χ0n) is 19.6. The van der Waals surface area contributed by atoms with E-state index in [4.69, 9.17) is 4.84 Å². The third-order valence-electron chi connectivity index (χ3n) is 5.36. The Kier molecular flexibility index (Phi) is 8.55. The number of fused-ring (bicyclic) bond motifs is 1. The fourth-order valence-electron chi connectivity index (χ4n) is 3.54. The quantitative estimate of drug-likeness (QED) is 0.217. The molecule has 36 heavy (non-hydrogen) atoms. The maximum atomic E-state index is 13.6. The van der Waals surface area contributed by atoms with Crippen LogP contribution in [0.5, 0.6) is 0 Å². The molecule has 4 aromatic rings. The van der Waals surface area contributed by atoms with Crippen molar-refractivity contribution in [2.24, 2.45) is 0 Å². The van der Waals surface area contributed by atoms with Crippen LogP contribution in [-0.4, -0.2) is 45.1 Å². The monoisotopic (exact) mass is 490 g/mol. The summed E-state index contributed by atoms with van der Waals surface area (Å²) < 4.78 is 13.6. The molecule has 0 aliphatic heterocycles. The summed E-state index contributed by atoms with van der Waals surface area (Å²) >= 11 is 0. The van der Waals surface area contributed by atoms with Crippen LogP contribution in [0.15, 0.2) is 72.9 Å². The molecule has 186 valence electrons. The van der Waals surface area contributed by atoms with Gasteiger partial charge in [-0.05, 0) is 49.2 Å². The highest BCUT2D eigenvalue weighted by atomic mass is 19.1. The highest BCUT2D eigenvalue weighted by Crippen LogP contribution is 2.13. The van der Waals surface area contributed by atoms with Crippen molar-refractivity contribution in [3.05, 3.63) is 95.8 Å². The van der Waals surface area contributed by atoms with Gasteiger partial charge < -0.3 is 20.5 Å². The van der Waals surface area contributed by atoms with E-state index in [1.54, 1.807) is 29.3 Å². The van der Waals surface area contributed by atoms with Crippen molar-refractivity contribution in [2.45, 2.75) is 25.9 Å². The van der Waals surface area contributed by atoms with Crippen LogP contribution in [0.3, 0.4) is 0 Å². The third kappa shape index (κ3) is 7.09. The molecule has 0 unspecified atom stereocenters. The normalized spacial score (nSPS) is 10.9.